The SMILES string of the molecule is CC.CC1CCN(C)CC1.CCC.Cc1ccc(C(=O)Nc2cccc(C)n2)c(O)c1. The van der Waals surface area contributed by atoms with Crippen LogP contribution in [0, 0.1) is 19.8 Å². The van der Waals surface area contributed by atoms with E-state index in [1.165, 1.54) is 32.4 Å². The molecule has 0 bridgehead atoms. The van der Waals surface area contributed by atoms with Gasteiger partial charge >= 0.3 is 0 Å². The van der Waals surface area contributed by atoms with Crippen LogP contribution in [0.5, 0.6) is 5.75 Å². The van der Waals surface area contributed by atoms with Crippen LogP contribution >= 0.6 is 0 Å². The first-order valence-corrected chi connectivity index (χ1v) is 11.5. The number of amides is 1. The number of hydrogen-bond acceptors (Lipinski definition) is 4. The van der Waals surface area contributed by atoms with Crippen molar-refractivity contribution in [1.82, 2.24) is 9.88 Å². The fourth-order valence-electron chi connectivity index (χ4n) is 2.77. The molecule has 1 aromatic carbocycles. The van der Waals surface area contributed by atoms with Crippen LogP contribution in [0.3, 0.4) is 0 Å². The second kappa shape index (κ2) is 16.3. The molecule has 0 saturated carbocycles. The number of carbonyl (C=O) groups excluding carboxylic acids is 1. The van der Waals surface area contributed by atoms with Gasteiger partial charge in [0.05, 0.1) is 5.56 Å². The van der Waals surface area contributed by atoms with Gasteiger partial charge < -0.3 is 15.3 Å². The highest BCUT2D eigenvalue weighted by molar-refractivity contribution is 6.05. The van der Waals surface area contributed by atoms with Gasteiger partial charge in [0.15, 0.2) is 0 Å². The van der Waals surface area contributed by atoms with E-state index in [2.05, 4.69) is 43.0 Å². The van der Waals surface area contributed by atoms with Crippen molar-refractivity contribution >= 4 is 11.7 Å². The molecule has 1 saturated heterocycles. The largest absolute Gasteiger partial charge is 0.507 e. The monoisotopic (exact) mass is 429 g/mol. The quantitative estimate of drug-likeness (QED) is 0.576. The summed E-state index contributed by atoms with van der Waals surface area (Å²) in [6.45, 7) is 16.9. The molecule has 2 heterocycles. The van der Waals surface area contributed by atoms with Crippen LogP contribution in [0.2, 0.25) is 0 Å². The molecule has 1 amide bonds. The first kappa shape index (κ1) is 28.6. The Labute approximate surface area is 189 Å². The molecule has 2 aromatic rings. The summed E-state index contributed by atoms with van der Waals surface area (Å²) in [5, 5.41) is 12.4. The molecule has 1 aliphatic heterocycles. The Balaban J connectivity index is 0.000000575. The van der Waals surface area contributed by atoms with Crippen molar-refractivity contribution in [2.45, 2.75) is 67.7 Å². The number of nitrogens with zero attached hydrogens (tertiary/aromatic N) is 2. The number of rotatable bonds is 2. The van der Waals surface area contributed by atoms with Crippen molar-refractivity contribution < 1.29 is 9.90 Å². The minimum atomic E-state index is -0.370. The molecule has 0 unspecified atom stereocenters. The van der Waals surface area contributed by atoms with E-state index in [0.29, 0.717) is 5.82 Å². The van der Waals surface area contributed by atoms with Crippen LogP contribution in [-0.2, 0) is 0 Å². The summed E-state index contributed by atoms with van der Waals surface area (Å²) >= 11 is 0. The maximum Gasteiger partial charge on any atom is 0.260 e. The Morgan fingerprint density at radius 1 is 1.13 bits per heavy atom. The Morgan fingerprint density at radius 2 is 1.71 bits per heavy atom. The summed E-state index contributed by atoms with van der Waals surface area (Å²) in [7, 11) is 2.20. The second-order valence-electron chi connectivity index (χ2n) is 7.83. The molecule has 5 nitrogen and oxygen atoms in total. The predicted molar refractivity (Wildman–Crippen MR) is 133 cm³/mol. The molecule has 1 aliphatic rings. The van der Waals surface area contributed by atoms with Gasteiger partial charge in [0.2, 0.25) is 0 Å². The third-order valence-electron chi connectivity index (χ3n) is 4.54. The number of aromatic nitrogens is 1. The van der Waals surface area contributed by atoms with Crippen LogP contribution in [0.15, 0.2) is 36.4 Å². The number of aromatic hydroxyl groups is 1. The van der Waals surface area contributed by atoms with Crippen LogP contribution in [-0.4, -0.2) is 41.0 Å². The fraction of sp³-hybridized carbons (Fsp3) is 0.538. The maximum absolute atomic E-state index is 11.9. The average Bonchev–Trinajstić information content (AvgIpc) is 2.73. The van der Waals surface area contributed by atoms with Gasteiger partial charge in [-0.2, -0.15) is 0 Å². The zero-order chi connectivity index (χ0) is 23.8. The van der Waals surface area contributed by atoms with Crippen LogP contribution in [0.4, 0.5) is 5.82 Å². The number of likely N-dealkylation sites (tertiary alicyclic amines) is 1. The normalized spacial score (nSPS) is 13.4. The van der Waals surface area contributed by atoms with Gasteiger partial charge in [0.1, 0.15) is 11.6 Å². The summed E-state index contributed by atoms with van der Waals surface area (Å²) in [4.78, 5) is 18.5. The van der Waals surface area contributed by atoms with Crippen molar-refractivity contribution in [3.8, 4) is 5.75 Å². The highest BCUT2D eigenvalue weighted by Gasteiger charge is 2.12. The summed E-state index contributed by atoms with van der Waals surface area (Å²) in [6.07, 6.45) is 4.05. The lowest BCUT2D eigenvalue weighted by molar-refractivity contribution is 0.102. The number of hydrogen-bond donors (Lipinski definition) is 2. The van der Waals surface area contributed by atoms with E-state index >= 15 is 0 Å². The van der Waals surface area contributed by atoms with Crippen molar-refractivity contribution in [2.24, 2.45) is 5.92 Å². The number of nitrogens with one attached hydrogen (secondary N) is 1. The fourth-order valence-corrected chi connectivity index (χ4v) is 2.77. The number of piperidine rings is 1. The third-order valence-corrected chi connectivity index (χ3v) is 4.54. The number of phenols is 1. The van der Waals surface area contributed by atoms with Crippen molar-refractivity contribution in [2.75, 3.05) is 25.5 Å². The lowest BCUT2D eigenvalue weighted by Gasteiger charge is -2.26. The summed E-state index contributed by atoms with van der Waals surface area (Å²) in [5.41, 5.74) is 1.96. The van der Waals surface area contributed by atoms with Gasteiger partial charge in [-0.1, -0.05) is 53.2 Å². The molecule has 0 spiro atoms. The molecule has 0 atom stereocenters. The minimum Gasteiger partial charge on any atom is -0.507 e. The van der Waals surface area contributed by atoms with E-state index in [4.69, 9.17) is 0 Å². The lowest BCUT2D eigenvalue weighted by atomic mass is 10.00. The van der Waals surface area contributed by atoms with Gasteiger partial charge in [-0.3, -0.25) is 4.79 Å². The molecule has 31 heavy (non-hydrogen) atoms. The number of anilines is 1. The second-order valence-corrected chi connectivity index (χ2v) is 7.83. The molecule has 2 N–H and O–H groups in total. The molecule has 1 fully saturated rings. The first-order valence-electron chi connectivity index (χ1n) is 11.5. The number of phenolic OH excluding ortho intramolecular Hbond substituents is 1. The van der Waals surface area contributed by atoms with E-state index in [0.717, 1.165) is 17.2 Å². The Hall–Kier alpha value is -2.40. The van der Waals surface area contributed by atoms with Gasteiger partial charge in [0, 0.05) is 5.69 Å². The molecule has 3 rings (SSSR count). The van der Waals surface area contributed by atoms with Crippen LogP contribution < -0.4 is 5.32 Å². The highest BCUT2D eigenvalue weighted by atomic mass is 16.3. The van der Waals surface area contributed by atoms with E-state index in [-0.39, 0.29) is 17.2 Å². The molecule has 174 valence electrons. The summed E-state index contributed by atoms with van der Waals surface area (Å²) in [6, 6.07) is 10.3. The highest BCUT2D eigenvalue weighted by Crippen LogP contribution is 2.19. The topological polar surface area (TPSA) is 65.5 Å². The smallest absolute Gasteiger partial charge is 0.260 e. The minimum absolute atomic E-state index is 0.0276. The molecular formula is C26H43N3O2. The predicted octanol–water partition coefficient (Wildman–Crippen LogP) is 6.45. The molecular weight excluding hydrogens is 386 g/mol. The standard InChI is InChI=1S/C14H14N2O2.C7H15N.C3H8.C2H6/c1-9-6-7-11(12(17)8-9)14(18)16-13-5-3-4-10(2)15-13;1-7-3-5-8(2)6-4-7;1-3-2;1-2/h3-8,17H,1-2H3,(H,15,16,18);7H,3-6H2,1-2H3;3H2,1-2H3;1-2H3. The number of pyridine rings is 1. The lowest BCUT2D eigenvalue weighted by Crippen LogP contribution is -2.28. The summed E-state index contributed by atoms with van der Waals surface area (Å²) < 4.78 is 0. The van der Waals surface area contributed by atoms with Gasteiger partial charge in [-0.05, 0) is 82.6 Å². The van der Waals surface area contributed by atoms with E-state index in [1.54, 1.807) is 24.3 Å². The summed E-state index contributed by atoms with van der Waals surface area (Å²) in [5.74, 6) is 1.05. The van der Waals surface area contributed by atoms with Crippen molar-refractivity contribution in [3.63, 3.8) is 0 Å². The third kappa shape index (κ3) is 12.1. The van der Waals surface area contributed by atoms with Crippen molar-refractivity contribution in [1.29, 1.82) is 0 Å². The van der Waals surface area contributed by atoms with Gasteiger partial charge in [0.25, 0.3) is 5.91 Å². The Bertz CT molecular complexity index is 744. The number of aryl methyl sites for hydroxylation is 2. The van der Waals surface area contributed by atoms with Gasteiger partial charge in [-0.15, -0.1) is 0 Å². The maximum atomic E-state index is 11.9. The number of carbonyl (C=O) groups is 1. The Morgan fingerprint density at radius 3 is 2.19 bits per heavy atom. The first-order chi connectivity index (χ1) is 14.8. The van der Waals surface area contributed by atoms with E-state index in [1.807, 2.05) is 39.8 Å². The molecule has 1 aromatic heterocycles. The van der Waals surface area contributed by atoms with Gasteiger partial charge in [-0.25, -0.2) is 4.98 Å². The average molecular weight is 430 g/mol. The van der Waals surface area contributed by atoms with E-state index in [9.17, 15) is 9.90 Å². The molecule has 5 heteroatoms. The Kier molecular flexibility index (Phi) is 15.0. The zero-order valence-corrected chi connectivity index (χ0v) is 20.8. The van der Waals surface area contributed by atoms with Crippen LogP contribution in [0.25, 0.3) is 0 Å². The zero-order valence-electron chi connectivity index (χ0n) is 20.8. The number of benzene rings is 1. The van der Waals surface area contributed by atoms with Crippen molar-refractivity contribution in [3.05, 3.63) is 53.2 Å². The van der Waals surface area contributed by atoms with Crippen LogP contribution in [0.1, 0.15) is 75.5 Å². The van der Waals surface area contributed by atoms with E-state index < -0.39 is 0 Å². The molecule has 0 radical (unpaired) electrons. The molecule has 0 aliphatic carbocycles.